The molecule has 0 saturated heterocycles. The monoisotopic (exact) mass is 212 g/mol. The molecule has 1 aromatic carbocycles. The SMILES string of the molecule is O=[N+]([O-])c1cc(NCCCO)ccc1O. The molecule has 15 heavy (non-hydrogen) atoms. The van der Waals surface area contributed by atoms with E-state index in [-0.39, 0.29) is 18.0 Å². The Morgan fingerprint density at radius 3 is 2.80 bits per heavy atom. The average molecular weight is 212 g/mol. The van der Waals surface area contributed by atoms with Crippen LogP contribution in [0.1, 0.15) is 6.42 Å². The number of phenols is 1. The van der Waals surface area contributed by atoms with Crippen LogP contribution in [0.2, 0.25) is 0 Å². The second-order valence-corrected chi connectivity index (χ2v) is 2.96. The lowest BCUT2D eigenvalue weighted by atomic mass is 10.2. The molecule has 0 aliphatic heterocycles. The molecule has 0 bridgehead atoms. The number of nitrogens with one attached hydrogen (secondary N) is 1. The molecule has 6 heteroatoms. The van der Waals surface area contributed by atoms with Crippen molar-refractivity contribution in [1.82, 2.24) is 0 Å². The van der Waals surface area contributed by atoms with Gasteiger partial charge in [0.1, 0.15) is 0 Å². The molecular formula is C9H12N2O4. The van der Waals surface area contributed by atoms with E-state index < -0.39 is 4.92 Å². The first-order valence-corrected chi connectivity index (χ1v) is 4.47. The number of anilines is 1. The number of nitro groups is 1. The Morgan fingerprint density at radius 1 is 1.47 bits per heavy atom. The number of benzene rings is 1. The van der Waals surface area contributed by atoms with Crippen LogP contribution in [0.3, 0.4) is 0 Å². The molecular weight excluding hydrogens is 200 g/mol. The van der Waals surface area contributed by atoms with E-state index in [4.69, 9.17) is 10.2 Å². The Kier molecular flexibility index (Phi) is 3.87. The fraction of sp³-hybridized carbons (Fsp3) is 0.333. The van der Waals surface area contributed by atoms with Crippen molar-refractivity contribution in [3.63, 3.8) is 0 Å². The zero-order valence-corrected chi connectivity index (χ0v) is 8.01. The van der Waals surface area contributed by atoms with E-state index in [1.807, 2.05) is 0 Å². The van der Waals surface area contributed by atoms with Gasteiger partial charge in [-0.25, -0.2) is 0 Å². The van der Waals surface area contributed by atoms with E-state index in [1.54, 1.807) is 6.07 Å². The lowest BCUT2D eigenvalue weighted by Gasteiger charge is -2.05. The van der Waals surface area contributed by atoms with Crippen LogP contribution >= 0.6 is 0 Å². The maximum absolute atomic E-state index is 10.5. The molecule has 1 rings (SSSR count). The van der Waals surface area contributed by atoms with Crippen LogP contribution in [0.25, 0.3) is 0 Å². The van der Waals surface area contributed by atoms with E-state index in [1.165, 1.54) is 12.1 Å². The molecule has 6 nitrogen and oxygen atoms in total. The minimum Gasteiger partial charge on any atom is -0.502 e. The van der Waals surface area contributed by atoms with E-state index in [0.717, 1.165) is 0 Å². The summed E-state index contributed by atoms with van der Waals surface area (Å²) in [6.07, 6.45) is 0.564. The predicted molar refractivity (Wildman–Crippen MR) is 55.0 cm³/mol. The number of nitrogens with zero attached hydrogens (tertiary/aromatic N) is 1. The van der Waals surface area contributed by atoms with E-state index in [2.05, 4.69) is 5.32 Å². The van der Waals surface area contributed by atoms with Crippen LogP contribution in [-0.2, 0) is 0 Å². The molecule has 82 valence electrons. The minimum atomic E-state index is -0.646. The molecule has 0 aromatic heterocycles. The van der Waals surface area contributed by atoms with E-state index in [0.29, 0.717) is 18.7 Å². The first-order chi connectivity index (χ1) is 7.15. The molecule has 0 fully saturated rings. The third kappa shape index (κ3) is 3.10. The summed E-state index contributed by atoms with van der Waals surface area (Å²) in [5.41, 5.74) is 0.219. The van der Waals surface area contributed by atoms with Crippen molar-refractivity contribution in [1.29, 1.82) is 0 Å². The van der Waals surface area contributed by atoms with Crippen molar-refractivity contribution >= 4 is 11.4 Å². The molecule has 0 atom stereocenters. The van der Waals surface area contributed by atoms with Gasteiger partial charge in [-0.2, -0.15) is 0 Å². The summed E-state index contributed by atoms with van der Waals surface area (Å²) in [5, 5.41) is 31.1. The molecule has 1 aromatic rings. The van der Waals surface area contributed by atoms with Crippen LogP contribution in [-0.4, -0.2) is 28.3 Å². The van der Waals surface area contributed by atoms with E-state index in [9.17, 15) is 10.1 Å². The van der Waals surface area contributed by atoms with Crippen LogP contribution in [0.15, 0.2) is 18.2 Å². The quantitative estimate of drug-likeness (QED) is 0.294. The zero-order valence-electron chi connectivity index (χ0n) is 8.01. The highest BCUT2D eigenvalue weighted by Crippen LogP contribution is 2.28. The smallest absolute Gasteiger partial charge is 0.312 e. The highest BCUT2D eigenvalue weighted by molar-refractivity contribution is 5.57. The third-order valence-electron chi connectivity index (χ3n) is 1.84. The summed E-state index contributed by atoms with van der Waals surface area (Å²) in [4.78, 5) is 9.84. The summed E-state index contributed by atoms with van der Waals surface area (Å²) in [7, 11) is 0. The van der Waals surface area contributed by atoms with Crippen molar-refractivity contribution in [3.05, 3.63) is 28.3 Å². The number of nitro benzene ring substituents is 1. The van der Waals surface area contributed by atoms with Gasteiger partial charge in [-0.3, -0.25) is 10.1 Å². The summed E-state index contributed by atoms with van der Waals surface area (Å²) in [6.45, 7) is 0.589. The highest BCUT2D eigenvalue weighted by atomic mass is 16.6. The van der Waals surface area contributed by atoms with Crippen LogP contribution in [0.4, 0.5) is 11.4 Å². The Morgan fingerprint density at radius 2 is 2.20 bits per heavy atom. The molecule has 0 aliphatic carbocycles. The Labute approximate surface area is 86.3 Å². The number of aromatic hydroxyl groups is 1. The van der Waals surface area contributed by atoms with Crippen molar-refractivity contribution in [2.45, 2.75) is 6.42 Å². The average Bonchev–Trinajstić information content (AvgIpc) is 2.20. The minimum absolute atomic E-state index is 0.0627. The molecule has 3 N–H and O–H groups in total. The Balaban J connectivity index is 2.74. The second kappa shape index (κ2) is 5.16. The summed E-state index contributed by atoms with van der Waals surface area (Å²) >= 11 is 0. The van der Waals surface area contributed by atoms with Gasteiger partial charge in [0.15, 0.2) is 5.75 Å². The third-order valence-corrected chi connectivity index (χ3v) is 1.84. The van der Waals surface area contributed by atoms with Crippen molar-refractivity contribution in [2.75, 3.05) is 18.5 Å². The Bertz CT molecular complexity index is 354. The topological polar surface area (TPSA) is 95.6 Å². The van der Waals surface area contributed by atoms with Gasteiger partial charge in [0.05, 0.1) is 4.92 Å². The highest BCUT2D eigenvalue weighted by Gasteiger charge is 2.12. The fourth-order valence-electron chi connectivity index (χ4n) is 1.09. The van der Waals surface area contributed by atoms with Gasteiger partial charge in [0, 0.05) is 24.9 Å². The molecule has 0 amide bonds. The molecule has 0 radical (unpaired) electrons. The first kappa shape index (κ1) is 11.3. The van der Waals surface area contributed by atoms with Gasteiger partial charge in [-0.1, -0.05) is 0 Å². The standard InChI is InChI=1S/C9H12N2O4/c12-5-1-4-10-7-2-3-9(13)8(6-7)11(14)15/h2-3,6,10,12-13H,1,4-5H2. The zero-order chi connectivity index (χ0) is 11.3. The number of hydrogen-bond donors (Lipinski definition) is 3. The number of rotatable bonds is 5. The Hall–Kier alpha value is -1.82. The van der Waals surface area contributed by atoms with Gasteiger partial charge in [0.2, 0.25) is 0 Å². The number of phenolic OH excluding ortho intramolecular Hbond substituents is 1. The van der Waals surface area contributed by atoms with Gasteiger partial charge in [-0.05, 0) is 18.6 Å². The van der Waals surface area contributed by atoms with Crippen LogP contribution in [0, 0.1) is 10.1 Å². The van der Waals surface area contributed by atoms with Crippen molar-refractivity contribution in [3.8, 4) is 5.75 Å². The van der Waals surface area contributed by atoms with Crippen LogP contribution < -0.4 is 5.32 Å². The lowest BCUT2D eigenvalue weighted by molar-refractivity contribution is -0.385. The summed E-state index contributed by atoms with van der Waals surface area (Å²) in [6, 6.07) is 4.06. The summed E-state index contributed by atoms with van der Waals surface area (Å²) < 4.78 is 0. The number of hydrogen-bond acceptors (Lipinski definition) is 5. The molecule has 0 aliphatic rings. The van der Waals surface area contributed by atoms with Gasteiger partial charge in [0.25, 0.3) is 0 Å². The van der Waals surface area contributed by atoms with Gasteiger partial charge >= 0.3 is 5.69 Å². The lowest BCUT2D eigenvalue weighted by Crippen LogP contribution is -2.03. The first-order valence-electron chi connectivity index (χ1n) is 4.47. The molecule has 0 heterocycles. The number of aliphatic hydroxyl groups is 1. The molecule has 0 saturated carbocycles. The predicted octanol–water partition coefficient (Wildman–Crippen LogP) is 1.09. The second-order valence-electron chi connectivity index (χ2n) is 2.96. The van der Waals surface area contributed by atoms with Gasteiger partial charge < -0.3 is 15.5 Å². The van der Waals surface area contributed by atoms with Crippen molar-refractivity contribution in [2.24, 2.45) is 0 Å². The maximum Gasteiger partial charge on any atom is 0.312 e. The number of aliphatic hydroxyl groups excluding tert-OH is 1. The van der Waals surface area contributed by atoms with Gasteiger partial charge in [-0.15, -0.1) is 0 Å². The molecule has 0 spiro atoms. The van der Waals surface area contributed by atoms with Crippen LogP contribution in [0.5, 0.6) is 5.75 Å². The largest absolute Gasteiger partial charge is 0.502 e. The maximum atomic E-state index is 10.5. The summed E-state index contributed by atoms with van der Waals surface area (Å²) in [5.74, 6) is -0.354. The van der Waals surface area contributed by atoms with Crippen molar-refractivity contribution < 1.29 is 15.1 Å². The molecule has 0 unspecified atom stereocenters. The fourth-order valence-corrected chi connectivity index (χ4v) is 1.09. The normalized spacial score (nSPS) is 9.93. The van der Waals surface area contributed by atoms with E-state index >= 15 is 0 Å².